The second-order valence-electron chi connectivity index (χ2n) is 5.76. The van der Waals surface area contributed by atoms with E-state index in [-0.39, 0.29) is 12.0 Å². The zero-order valence-electron chi connectivity index (χ0n) is 10.3. The SMILES string of the molecule is NC1CCCC2CN(C(=O)[C@@H]3CCCO3)CC12. The second kappa shape index (κ2) is 4.58. The third kappa shape index (κ3) is 2.08. The van der Waals surface area contributed by atoms with Gasteiger partial charge in [-0.05, 0) is 37.5 Å². The molecule has 0 aromatic rings. The fourth-order valence-electron chi connectivity index (χ4n) is 3.67. The van der Waals surface area contributed by atoms with Gasteiger partial charge in [0, 0.05) is 25.7 Å². The van der Waals surface area contributed by atoms with Gasteiger partial charge >= 0.3 is 0 Å². The molecular weight excluding hydrogens is 216 g/mol. The summed E-state index contributed by atoms with van der Waals surface area (Å²) in [6.07, 6.45) is 5.36. The number of hydrogen-bond acceptors (Lipinski definition) is 3. The minimum atomic E-state index is -0.161. The number of nitrogens with zero attached hydrogens (tertiary/aromatic N) is 1. The molecule has 4 nitrogen and oxygen atoms in total. The Morgan fingerprint density at radius 1 is 1.18 bits per heavy atom. The number of carbonyl (C=O) groups excluding carboxylic acids is 1. The van der Waals surface area contributed by atoms with Gasteiger partial charge in [-0.25, -0.2) is 0 Å². The fraction of sp³-hybridized carbons (Fsp3) is 0.923. The highest BCUT2D eigenvalue weighted by atomic mass is 16.5. The van der Waals surface area contributed by atoms with E-state index in [0.717, 1.165) is 39.0 Å². The maximum atomic E-state index is 12.3. The molecule has 3 fully saturated rings. The molecule has 0 aromatic heterocycles. The van der Waals surface area contributed by atoms with Crippen LogP contribution in [0.2, 0.25) is 0 Å². The van der Waals surface area contributed by atoms with Crippen LogP contribution in [0.1, 0.15) is 32.1 Å². The molecule has 1 aliphatic carbocycles. The number of hydrogen-bond donors (Lipinski definition) is 1. The van der Waals surface area contributed by atoms with Crippen molar-refractivity contribution in [1.82, 2.24) is 4.90 Å². The molecule has 2 aliphatic heterocycles. The van der Waals surface area contributed by atoms with Gasteiger partial charge in [0.1, 0.15) is 6.10 Å². The Kier molecular flexibility index (Phi) is 3.09. The van der Waals surface area contributed by atoms with Crippen molar-refractivity contribution in [3.63, 3.8) is 0 Å². The fourth-order valence-corrected chi connectivity index (χ4v) is 3.67. The van der Waals surface area contributed by atoms with Crippen LogP contribution in [0.25, 0.3) is 0 Å². The summed E-state index contributed by atoms with van der Waals surface area (Å²) in [6.45, 7) is 2.53. The highest BCUT2D eigenvalue weighted by Gasteiger charge is 2.42. The Morgan fingerprint density at radius 2 is 2.06 bits per heavy atom. The standard InChI is InChI=1S/C13H22N2O2/c14-11-4-1-3-9-7-15(8-10(9)11)13(16)12-5-2-6-17-12/h9-12H,1-8,14H2/t9?,10?,11?,12-/m0/s1. The number of amides is 1. The molecule has 4 heteroatoms. The third-order valence-corrected chi connectivity index (χ3v) is 4.67. The number of nitrogens with two attached hydrogens (primary N) is 1. The molecule has 17 heavy (non-hydrogen) atoms. The summed E-state index contributed by atoms with van der Waals surface area (Å²) in [5.41, 5.74) is 6.17. The lowest BCUT2D eigenvalue weighted by Gasteiger charge is -2.29. The van der Waals surface area contributed by atoms with Crippen LogP contribution in [-0.2, 0) is 9.53 Å². The summed E-state index contributed by atoms with van der Waals surface area (Å²) < 4.78 is 5.48. The largest absolute Gasteiger partial charge is 0.368 e. The maximum absolute atomic E-state index is 12.3. The first-order valence-corrected chi connectivity index (χ1v) is 6.91. The van der Waals surface area contributed by atoms with E-state index in [4.69, 9.17) is 10.5 Å². The summed E-state index contributed by atoms with van der Waals surface area (Å²) >= 11 is 0. The van der Waals surface area contributed by atoms with E-state index in [0.29, 0.717) is 17.9 Å². The monoisotopic (exact) mass is 238 g/mol. The van der Waals surface area contributed by atoms with Gasteiger partial charge in [-0.15, -0.1) is 0 Å². The van der Waals surface area contributed by atoms with Crippen LogP contribution in [0.4, 0.5) is 0 Å². The molecule has 0 bridgehead atoms. The molecule has 2 heterocycles. The predicted molar refractivity (Wildman–Crippen MR) is 64.4 cm³/mol. The molecule has 0 aromatic carbocycles. The van der Waals surface area contributed by atoms with Crippen molar-refractivity contribution in [2.75, 3.05) is 19.7 Å². The summed E-state index contributed by atoms with van der Waals surface area (Å²) in [5, 5.41) is 0. The number of rotatable bonds is 1. The van der Waals surface area contributed by atoms with Crippen molar-refractivity contribution in [2.24, 2.45) is 17.6 Å². The van der Waals surface area contributed by atoms with Gasteiger partial charge in [-0.1, -0.05) is 6.42 Å². The van der Waals surface area contributed by atoms with Crippen molar-refractivity contribution < 1.29 is 9.53 Å². The second-order valence-corrected chi connectivity index (χ2v) is 5.76. The molecule has 96 valence electrons. The lowest BCUT2D eigenvalue weighted by Crippen LogP contribution is -2.40. The topological polar surface area (TPSA) is 55.6 Å². The zero-order valence-corrected chi connectivity index (χ0v) is 10.3. The lowest BCUT2D eigenvalue weighted by molar-refractivity contribution is -0.140. The van der Waals surface area contributed by atoms with Gasteiger partial charge in [0.15, 0.2) is 0 Å². The minimum absolute atomic E-state index is 0.161. The average molecular weight is 238 g/mol. The van der Waals surface area contributed by atoms with Crippen LogP contribution in [-0.4, -0.2) is 42.6 Å². The Morgan fingerprint density at radius 3 is 2.76 bits per heavy atom. The summed E-state index contributed by atoms with van der Waals surface area (Å²) in [7, 11) is 0. The van der Waals surface area contributed by atoms with Crippen LogP contribution in [0.5, 0.6) is 0 Å². The quantitative estimate of drug-likeness (QED) is 0.733. The molecule has 2 N–H and O–H groups in total. The van der Waals surface area contributed by atoms with E-state index < -0.39 is 0 Å². The van der Waals surface area contributed by atoms with Gasteiger partial charge in [0.05, 0.1) is 0 Å². The first-order valence-electron chi connectivity index (χ1n) is 6.91. The van der Waals surface area contributed by atoms with Crippen molar-refractivity contribution in [1.29, 1.82) is 0 Å². The molecule has 1 saturated carbocycles. The highest BCUT2D eigenvalue weighted by Crippen LogP contribution is 2.36. The van der Waals surface area contributed by atoms with E-state index in [9.17, 15) is 4.79 Å². The predicted octanol–water partition coefficient (Wildman–Crippen LogP) is 0.751. The van der Waals surface area contributed by atoms with E-state index in [2.05, 4.69) is 0 Å². The van der Waals surface area contributed by atoms with E-state index >= 15 is 0 Å². The molecule has 2 saturated heterocycles. The average Bonchev–Trinajstić information content (AvgIpc) is 2.98. The van der Waals surface area contributed by atoms with E-state index in [1.807, 2.05) is 4.90 Å². The van der Waals surface area contributed by atoms with Gasteiger partial charge in [0.2, 0.25) is 0 Å². The number of fused-ring (bicyclic) bond motifs is 1. The molecule has 4 atom stereocenters. The van der Waals surface area contributed by atoms with E-state index in [1.165, 1.54) is 12.8 Å². The Labute approximate surface area is 102 Å². The van der Waals surface area contributed by atoms with Crippen LogP contribution >= 0.6 is 0 Å². The van der Waals surface area contributed by atoms with Crippen LogP contribution in [0.15, 0.2) is 0 Å². The number of carbonyl (C=O) groups is 1. The molecule has 3 unspecified atom stereocenters. The molecular formula is C13H22N2O2. The molecule has 0 radical (unpaired) electrons. The lowest BCUT2D eigenvalue weighted by atomic mass is 9.78. The summed E-state index contributed by atoms with van der Waals surface area (Å²) in [4.78, 5) is 14.3. The van der Waals surface area contributed by atoms with Crippen molar-refractivity contribution in [3.8, 4) is 0 Å². The van der Waals surface area contributed by atoms with E-state index in [1.54, 1.807) is 0 Å². The summed E-state index contributed by atoms with van der Waals surface area (Å²) in [6, 6.07) is 0.302. The van der Waals surface area contributed by atoms with Gasteiger partial charge in [-0.3, -0.25) is 4.79 Å². The van der Waals surface area contributed by atoms with Crippen LogP contribution in [0, 0.1) is 11.8 Å². The molecule has 1 amide bonds. The summed E-state index contributed by atoms with van der Waals surface area (Å²) in [5.74, 6) is 1.39. The Bertz CT molecular complexity index is 302. The Balaban J connectivity index is 1.64. The smallest absolute Gasteiger partial charge is 0.251 e. The number of ether oxygens (including phenoxy) is 1. The van der Waals surface area contributed by atoms with Crippen molar-refractivity contribution in [2.45, 2.75) is 44.2 Å². The minimum Gasteiger partial charge on any atom is -0.368 e. The molecule has 3 aliphatic rings. The van der Waals surface area contributed by atoms with Gasteiger partial charge in [-0.2, -0.15) is 0 Å². The van der Waals surface area contributed by atoms with Gasteiger partial charge in [0.25, 0.3) is 5.91 Å². The maximum Gasteiger partial charge on any atom is 0.251 e. The highest BCUT2D eigenvalue weighted by molar-refractivity contribution is 5.81. The Hall–Kier alpha value is -0.610. The van der Waals surface area contributed by atoms with Crippen LogP contribution in [0.3, 0.4) is 0 Å². The first kappa shape index (κ1) is 11.5. The van der Waals surface area contributed by atoms with Crippen molar-refractivity contribution in [3.05, 3.63) is 0 Å². The molecule has 0 spiro atoms. The molecule has 3 rings (SSSR count). The normalized spacial score (nSPS) is 41.6. The van der Waals surface area contributed by atoms with Gasteiger partial charge < -0.3 is 15.4 Å². The third-order valence-electron chi connectivity index (χ3n) is 4.67. The number of likely N-dealkylation sites (tertiary alicyclic amines) is 1. The van der Waals surface area contributed by atoms with Crippen molar-refractivity contribution >= 4 is 5.91 Å². The van der Waals surface area contributed by atoms with Crippen LogP contribution < -0.4 is 5.73 Å². The zero-order chi connectivity index (χ0) is 11.8. The first-order chi connectivity index (χ1) is 8.25.